The predicted molar refractivity (Wildman–Crippen MR) is 112 cm³/mol. The van der Waals surface area contributed by atoms with Gasteiger partial charge in [-0.05, 0) is 33.8 Å². The summed E-state index contributed by atoms with van der Waals surface area (Å²) in [5.74, 6) is -0.686. The standard InChI is InChI=1S/C19H24N4O5S/c1-12(21-29(27)19(2,3)4)14-9-13(18(25)26)11-23-16(24)10-15(20-17(14)23)22-5-7-28-8-6-22/h9-11H,5-8H2,1-4H3,(H,25,26). The smallest absolute Gasteiger partial charge is 0.337 e. The highest BCUT2D eigenvalue weighted by molar-refractivity contribution is 7.91. The molecule has 0 spiro atoms. The number of carboxylic acids is 1. The van der Waals surface area contributed by atoms with Gasteiger partial charge >= 0.3 is 5.97 Å². The summed E-state index contributed by atoms with van der Waals surface area (Å²) in [6, 6.07) is 2.79. The van der Waals surface area contributed by atoms with Crippen molar-refractivity contribution in [2.75, 3.05) is 31.2 Å². The molecule has 0 amide bonds. The summed E-state index contributed by atoms with van der Waals surface area (Å²) in [7, 11) is 0. The van der Waals surface area contributed by atoms with E-state index in [4.69, 9.17) is 4.74 Å². The summed E-state index contributed by atoms with van der Waals surface area (Å²) in [5, 5.41) is 9.45. The van der Waals surface area contributed by atoms with Gasteiger partial charge in [0.05, 0.1) is 24.5 Å². The van der Waals surface area contributed by atoms with Gasteiger partial charge in [0.25, 0.3) is 5.56 Å². The molecular weight excluding hydrogens is 396 g/mol. The minimum Gasteiger partial charge on any atom is -0.591 e. The van der Waals surface area contributed by atoms with Crippen LogP contribution in [0.1, 0.15) is 43.6 Å². The van der Waals surface area contributed by atoms with Crippen molar-refractivity contribution in [3.05, 3.63) is 39.8 Å². The zero-order valence-electron chi connectivity index (χ0n) is 16.8. The molecule has 0 radical (unpaired) electrons. The Balaban J connectivity index is 2.22. The molecule has 2 aromatic rings. The monoisotopic (exact) mass is 420 g/mol. The fourth-order valence-corrected chi connectivity index (χ4v) is 3.46. The largest absolute Gasteiger partial charge is 0.591 e. The van der Waals surface area contributed by atoms with Crippen molar-refractivity contribution >= 4 is 34.5 Å². The fourth-order valence-electron chi connectivity index (χ4n) is 2.84. The molecule has 0 aromatic carbocycles. The zero-order valence-corrected chi connectivity index (χ0v) is 17.7. The van der Waals surface area contributed by atoms with E-state index < -0.39 is 27.6 Å². The Kier molecular flexibility index (Phi) is 5.97. The number of fused-ring (bicyclic) bond motifs is 1. The van der Waals surface area contributed by atoms with Crippen LogP contribution in [0.4, 0.5) is 5.82 Å². The molecule has 1 unspecified atom stereocenters. The molecule has 2 aromatic heterocycles. The van der Waals surface area contributed by atoms with Gasteiger partial charge in [-0.3, -0.25) is 9.20 Å². The number of pyridine rings is 1. The molecule has 1 atom stereocenters. The van der Waals surface area contributed by atoms with Crippen molar-refractivity contribution in [3.63, 3.8) is 0 Å². The highest BCUT2D eigenvalue weighted by Gasteiger charge is 2.27. The summed E-state index contributed by atoms with van der Waals surface area (Å²) >= 11 is -1.54. The Morgan fingerprint density at radius 2 is 1.97 bits per heavy atom. The Morgan fingerprint density at radius 3 is 2.55 bits per heavy atom. The van der Waals surface area contributed by atoms with E-state index in [1.54, 1.807) is 27.7 Å². The third kappa shape index (κ3) is 4.60. The molecule has 29 heavy (non-hydrogen) atoms. The van der Waals surface area contributed by atoms with Crippen LogP contribution in [-0.4, -0.2) is 61.8 Å². The number of carbonyl (C=O) groups is 1. The van der Waals surface area contributed by atoms with Gasteiger partial charge in [0, 0.05) is 30.9 Å². The molecule has 1 saturated heterocycles. The van der Waals surface area contributed by atoms with Gasteiger partial charge in [-0.25, -0.2) is 9.78 Å². The molecule has 1 fully saturated rings. The van der Waals surface area contributed by atoms with E-state index in [9.17, 15) is 19.2 Å². The van der Waals surface area contributed by atoms with Gasteiger partial charge in [0.15, 0.2) is 5.65 Å². The molecular formula is C19H24N4O5S. The van der Waals surface area contributed by atoms with Crippen LogP contribution in [0.2, 0.25) is 0 Å². The molecule has 1 aliphatic heterocycles. The number of hydrogen-bond donors (Lipinski definition) is 1. The number of nitrogens with zero attached hydrogens (tertiary/aromatic N) is 4. The van der Waals surface area contributed by atoms with E-state index in [0.29, 0.717) is 43.4 Å². The minimum atomic E-state index is -1.54. The van der Waals surface area contributed by atoms with Crippen molar-refractivity contribution in [3.8, 4) is 0 Å². The van der Waals surface area contributed by atoms with Crippen LogP contribution in [0, 0.1) is 0 Å². The molecule has 1 N–H and O–H groups in total. The highest BCUT2D eigenvalue weighted by Crippen LogP contribution is 2.21. The number of hydrogen-bond acceptors (Lipinski definition) is 7. The quantitative estimate of drug-likeness (QED) is 0.588. The Labute approximate surface area is 171 Å². The first-order valence-electron chi connectivity index (χ1n) is 9.19. The van der Waals surface area contributed by atoms with Gasteiger partial charge < -0.3 is 19.3 Å². The van der Waals surface area contributed by atoms with Gasteiger partial charge in [0.2, 0.25) is 0 Å². The SMILES string of the molecule is CC(=N[S+]([O-])C(C)(C)C)c1cc(C(=O)O)cn2c(=O)cc(N3CCOCC3)nc12. The third-order valence-corrected chi connectivity index (χ3v) is 5.95. The van der Waals surface area contributed by atoms with E-state index in [1.165, 1.54) is 22.7 Å². The number of anilines is 1. The van der Waals surface area contributed by atoms with Crippen molar-refractivity contribution in [1.29, 1.82) is 0 Å². The molecule has 0 saturated carbocycles. The second-order valence-corrected chi connectivity index (χ2v) is 9.64. The maximum atomic E-state index is 12.7. The van der Waals surface area contributed by atoms with Gasteiger partial charge in [-0.2, -0.15) is 0 Å². The van der Waals surface area contributed by atoms with Crippen LogP contribution >= 0.6 is 0 Å². The first kappa shape index (κ1) is 21.3. The number of carboxylic acid groups (broad SMARTS) is 1. The molecule has 9 nitrogen and oxygen atoms in total. The topological polar surface area (TPSA) is 120 Å². The lowest BCUT2D eigenvalue weighted by molar-refractivity contribution is 0.0696. The maximum absolute atomic E-state index is 12.7. The number of ether oxygens (including phenoxy) is 1. The summed E-state index contributed by atoms with van der Waals surface area (Å²) in [6.07, 6.45) is 1.24. The first-order valence-corrected chi connectivity index (χ1v) is 10.3. The van der Waals surface area contributed by atoms with Crippen LogP contribution in [0.3, 0.4) is 0 Å². The molecule has 156 valence electrons. The maximum Gasteiger partial charge on any atom is 0.337 e. The summed E-state index contributed by atoms with van der Waals surface area (Å²) in [5.41, 5.74) is 0.507. The average Bonchev–Trinajstić information content (AvgIpc) is 2.67. The average molecular weight is 420 g/mol. The Morgan fingerprint density at radius 1 is 1.31 bits per heavy atom. The molecule has 10 heteroatoms. The molecule has 1 aliphatic rings. The van der Waals surface area contributed by atoms with Gasteiger partial charge in [-0.1, -0.05) is 4.40 Å². The second-order valence-electron chi connectivity index (χ2n) is 7.73. The lowest BCUT2D eigenvalue weighted by Gasteiger charge is -2.28. The molecule has 0 bridgehead atoms. The van der Waals surface area contributed by atoms with Crippen LogP contribution in [0.15, 0.2) is 27.5 Å². The minimum absolute atomic E-state index is 0.0772. The van der Waals surface area contributed by atoms with Crippen LogP contribution in [0.25, 0.3) is 5.65 Å². The highest BCUT2D eigenvalue weighted by atomic mass is 32.2. The number of aromatic carboxylic acids is 1. The van der Waals surface area contributed by atoms with Crippen molar-refractivity contribution < 1.29 is 19.2 Å². The predicted octanol–water partition coefficient (Wildman–Crippen LogP) is 1.50. The normalized spacial score (nSPS) is 16.9. The van der Waals surface area contributed by atoms with Crippen molar-refractivity contribution in [1.82, 2.24) is 9.38 Å². The Hall–Kier alpha value is -2.43. The molecule has 0 aliphatic carbocycles. The summed E-state index contributed by atoms with van der Waals surface area (Å²) in [4.78, 5) is 30.9. The van der Waals surface area contributed by atoms with Gasteiger partial charge in [0.1, 0.15) is 21.9 Å². The molecule has 3 heterocycles. The summed E-state index contributed by atoms with van der Waals surface area (Å²) < 4.78 is 22.7. The number of rotatable bonds is 4. The molecule has 3 rings (SSSR count). The van der Waals surface area contributed by atoms with Crippen LogP contribution < -0.4 is 10.5 Å². The van der Waals surface area contributed by atoms with Gasteiger partial charge in [-0.15, -0.1) is 0 Å². The van der Waals surface area contributed by atoms with Crippen LogP contribution in [0.5, 0.6) is 0 Å². The summed E-state index contributed by atoms with van der Waals surface area (Å²) in [6.45, 7) is 9.31. The van der Waals surface area contributed by atoms with E-state index in [0.717, 1.165) is 0 Å². The lowest BCUT2D eigenvalue weighted by atomic mass is 10.1. The first-order chi connectivity index (χ1) is 13.6. The second kappa shape index (κ2) is 8.13. The lowest BCUT2D eigenvalue weighted by Crippen LogP contribution is -2.37. The van der Waals surface area contributed by atoms with E-state index in [2.05, 4.69) is 9.38 Å². The third-order valence-electron chi connectivity index (χ3n) is 4.46. The van der Waals surface area contributed by atoms with Crippen LogP contribution in [-0.2, 0) is 16.1 Å². The van der Waals surface area contributed by atoms with E-state index in [-0.39, 0.29) is 11.2 Å². The Bertz CT molecular complexity index is 1020. The van der Waals surface area contributed by atoms with E-state index in [1.807, 2.05) is 4.90 Å². The number of morpholine rings is 1. The number of aromatic nitrogens is 2. The zero-order chi connectivity index (χ0) is 21.3. The van der Waals surface area contributed by atoms with Crippen molar-refractivity contribution in [2.24, 2.45) is 4.40 Å². The van der Waals surface area contributed by atoms with E-state index >= 15 is 0 Å². The van der Waals surface area contributed by atoms with Crippen molar-refractivity contribution in [2.45, 2.75) is 32.4 Å². The fraction of sp³-hybridized carbons (Fsp3) is 0.474.